The van der Waals surface area contributed by atoms with E-state index < -0.39 is 0 Å². The van der Waals surface area contributed by atoms with E-state index in [4.69, 9.17) is 19.9 Å². The van der Waals surface area contributed by atoms with E-state index in [2.05, 4.69) is 145 Å². The highest BCUT2D eigenvalue weighted by atomic mass is 14.8. The van der Waals surface area contributed by atoms with E-state index in [1.807, 2.05) is 24.8 Å². The van der Waals surface area contributed by atoms with Crippen molar-refractivity contribution in [2.75, 3.05) is 0 Å². The van der Waals surface area contributed by atoms with Gasteiger partial charge in [0.1, 0.15) is 0 Å². The Hall–Kier alpha value is -6.80. The Labute approximate surface area is 376 Å². The number of aryl methyl sites for hydroxylation is 4. The Morgan fingerprint density at radius 2 is 0.562 bits per heavy atom. The largest absolute Gasteiger partial charge is 0.354 e. The van der Waals surface area contributed by atoms with Crippen LogP contribution in [0.25, 0.3) is 22.3 Å². The summed E-state index contributed by atoms with van der Waals surface area (Å²) in [5.41, 5.74) is 16.6. The highest BCUT2D eigenvalue weighted by Gasteiger charge is 2.21. The Bertz CT molecular complexity index is 2720. The van der Waals surface area contributed by atoms with Gasteiger partial charge >= 0.3 is 0 Å². The minimum absolute atomic E-state index is 0.913. The average molecular weight is 845 g/mol. The van der Waals surface area contributed by atoms with Gasteiger partial charge in [0.2, 0.25) is 0 Å². The molecule has 8 bridgehead atoms. The summed E-state index contributed by atoms with van der Waals surface area (Å²) in [4.78, 5) is 35.9. The van der Waals surface area contributed by atoms with Gasteiger partial charge in [0, 0.05) is 47.1 Å². The summed E-state index contributed by atoms with van der Waals surface area (Å²) < 4.78 is 0. The van der Waals surface area contributed by atoms with Gasteiger partial charge < -0.3 is 19.9 Å². The maximum atomic E-state index is 5.05. The van der Waals surface area contributed by atoms with E-state index in [1.165, 1.54) is 22.3 Å². The van der Waals surface area contributed by atoms with Gasteiger partial charge in [-0.3, -0.25) is 19.9 Å². The summed E-state index contributed by atoms with van der Waals surface area (Å²) in [5.74, 6) is 0. The number of pyridine rings is 4. The molecule has 0 fully saturated rings. The van der Waals surface area contributed by atoms with Crippen LogP contribution in [0.5, 0.6) is 0 Å². The number of aromatic nitrogens is 8. The topological polar surface area (TPSA) is 115 Å². The predicted molar refractivity (Wildman–Crippen MR) is 260 cm³/mol. The molecule has 0 saturated heterocycles. The van der Waals surface area contributed by atoms with Gasteiger partial charge in [-0.25, -0.2) is 0 Å². The molecule has 8 heteroatoms. The third-order valence-electron chi connectivity index (χ3n) is 12.5. The minimum Gasteiger partial charge on any atom is -0.354 e. The second kappa shape index (κ2) is 19.7. The summed E-state index contributed by atoms with van der Waals surface area (Å²) in [6, 6.07) is 35.2. The molecule has 8 nitrogen and oxygen atoms in total. The smallest absolute Gasteiger partial charge is 0.0746 e. The molecular formula is C56H60N8. The van der Waals surface area contributed by atoms with Gasteiger partial charge in [0.15, 0.2) is 0 Å². The number of hydrogen-bond donors (Lipinski definition) is 4. The Kier molecular flexibility index (Phi) is 13.1. The van der Waals surface area contributed by atoms with E-state index in [-0.39, 0.29) is 0 Å². The van der Waals surface area contributed by atoms with E-state index in [1.54, 1.807) is 0 Å². The fraction of sp³-hybridized carbons (Fsp3) is 0.286. The van der Waals surface area contributed by atoms with Crippen molar-refractivity contribution in [3.8, 4) is 0 Å². The van der Waals surface area contributed by atoms with Crippen LogP contribution in [0.3, 0.4) is 0 Å². The molecule has 9 heterocycles. The third-order valence-corrected chi connectivity index (χ3v) is 12.5. The van der Waals surface area contributed by atoms with Gasteiger partial charge in [-0.1, -0.05) is 53.4 Å². The first-order chi connectivity index (χ1) is 31.5. The van der Waals surface area contributed by atoms with Crippen LogP contribution in [0.2, 0.25) is 0 Å². The van der Waals surface area contributed by atoms with Gasteiger partial charge in [-0.15, -0.1) is 0 Å². The fourth-order valence-corrected chi connectivity index (χ4v) is 9.02. The Morgan fingerprint density at radius 1 is 0.312 bits per heavy atom. The monoisotopic (exact) mass is 844 g/mol. The second-order valence-electron chi connectivity index (χ2n) is 17.3. The molecule has 0 aromatic carbocycles. The Morgan fingerprint density at radius 3 is 0.797 bits per heavy atom. The maximum absolute atomic E-state index is 5.05. The normalized spacial score (nSPS) is 12.7. The number of rotatable bonds is 16. The lowest BCUT2D eigenvalue weighted by Crippen LogP contribution is -2.20. The molecule has 9 rings (SSSR count). The summed E-state index contributed by atoms with van der Waals surface area (Å²) in [7, 11) is 0. The lowest BCUT2D eigenvalue weighted by atomic mass is 10.0. The van der Waals surface area contributed by atoms with E-state index in [0.717, 1.165) is 166 Å². The second-order valence-corrected chi connectivity index (χ2v) is 17.3. The molecule has 0 unspecified atom stereocenters. The van der Waals surface area contributed by atoms with Crippen molar-refractivity contribution < 1.29 is 0 Å². The number of nitrogens with zero attached hydrogens (tertiary/aromatic N) is 4. The first-order valence-corrected chi connectivity index (χ1v) is 23.6. The summed E-state index contributed by atoms with van der Waals surface area (Å²) in [6.45, 7) is 8.97. The first kappa shape index (κ1) is 42.5. The number of hydrogen-bond acceptors (Lipinski definition) is 4. The molecule has 1 aliphatic rings. The van der Waals surface area contributed by atoms with Crippen molar-refractivity contribution >= 4 is 22.3 Å². The van der Waals surface area contributed by atoms with Gasteiger partial charge in [-0.2, -0.15) is 0 Å². The number of nitrogens with one attached hydrogen (secondary N) is 4. The zero-order chi connectivity index (χ0) is 43.8. The van der Waals surface area contributed by atoms with Crippen LogP contribution in [0.15, 0.2) is 122 Å². The van der Waals surface area contributed by atoms with Crippen LogP contribution in [0.1, 0.15) is 147 Å². The standard InChI is InChI=1S/C56H60N8/c1-5-9-13-37-25-29-57-49(33-37)53-41-17-19-43(61-41)54(50-34-38(14-10-6-2)26-30-58-50)45-21-23-47(63-45)56(52-36-40(16-12-8-4)28-32-60-52)48-24-22-46(64-48)55(44-20-18-42(53)62-44)51-35-39(15-11-7-3)27-31-59-51/h17-36,61-64H,5-16H2,1-4H3. The predicted octanol–water partition coefficient (Wildman–Crippen LogP) is 9.25. The van der Waals surface area contributed by atoms with Crippen molar-refractivity contribution in [3.63, 3.8) is 0 Å². The molecule has 0 amide bonds. The van der Waals surface area contributed by atoms with Crippen molar-refractivity contribution in [2.24, 2.45) is 0 Å². The third kappa shape index (κ3) is 9.14. The average Bonchev–Trinajstić information content (AvgIpc) is 4.18. The number of H-pyrrole nitrogens is 4. The fourth-order valence-electron chi connectivity index (χ4n) is 9.02. The van der Waals surface area contributed by atoms with Crippen molar-refractivity contribution in [3.05, 3.63) is 211 Å². The number of unbranched alkanes of at least 4 members (excludes halogenated alkanes) is 4. The van der Waals surface area contributed by atoms with Crippen LogP contribution < -0.4 is 21.4 Å². The highest BCUT2D eigenvalue weighted by Crippen LogP contribution is 2.28. The van der Waals surface area contributed by atoms with Crippen LogP contribution >= 0.6 is 0 Å². The van der Waals surface area contributed by atoms with Crippen molar-refractivity contribution in [1.82, 2.24) is 39.9 Å². The number of aromatic amines is 4. The Balaban J connectivity index is 1.37. The molecular weight excluding hydrogens is 785 g/mol. The molecule has 0 radical (unpaired) electrons. The van der Waals surface area contributed by atoms with Crippen LogP contribution in [0.4, 0.5) is 0 Å². The highest BCUT2D eigenvalue weighted by molar-refractivity contribution is 5.83. The molecule has 0 atom stereocenters. The summed E-state index contributed by atoms with van der Waals surface area (Å²) >= 11 is 0. The molecule has 1 aliphatic heterocycles. The summed E-state index contributed by atoms with van der Waals surface area (Å²) in [5, 5.41) is 3.85. The first-order valence-electron chi connectivity index (χ1n) is 23.6. The minimum atomic E-state index is 0.913. The quantitative estimate of drug-likeness (QED) is 0.0777. The van der Waals surface area contributed by atoms with Crippen LogP contribution in [-0.4, -0.2) is 39.9 Å². The molecule has 324 valence electrons. The molecule has 64 heavy (non-hydrogen) atoms. The van der Waals surface area contributed by atoms with Crippen molar-refractivity contribution in [1.29, 1.82) is 0 Å². The van der Waals surface area contributed by atoms with Gasteiger partial charge in [0.05, 0.1) is 66.9 Å². The summed E-state index contributed by atoms with van der Waals surface area (Å²) in [6.07, 6.45) is 20.9. The van der Waals surface area contributed by atoms with E-state index in [9.17, 15) is 0 Å². The SMILES string of the molecule is CCCCc1ccnc(C2=c3ccc([nH]3)=C(c3cc(CCCC)ccn3)c3ccc([nH]3)C(c3cc(CCCC)ccn3)=c3ccc([nH]3)=C(c3cc(CCCC)ccn3)c3ccc2[nH]3)c1. The maximum Gasteiger partial charge on any atom is 0.0746 e. The van der Waals surface area contributed by atoms with E-state index in [0.29, 0.717) is 0 Å². The van der Waals surface area contributed by atoms with Crippen LogP contribution in [-0.2, 0) is 25.7 Å². The zero-order valence-corrected chi connectivity index (χ0v) is 37.8. The zero-order valence-electron chi connectivity index (χ0n) is 37.8. The van der Waals surface area contributed by atoms with Gasteiger partial charge in [-0.05, 0) is 171 Å². The molecule has 8 aromatic rings. The molecule has 8 aromatic heterocycles. The lowest BCUT2D eigenvalue weighted by molar-refractivity contribution is 0.793. The molecule has 0 spiro atoms. The molecule has 0 aliphatic carbocycles. The van der Waals surface area contributed by atoms with Crippen LogP contribution in [0, 0.1) is 0 Å². The molecule has 0 saturated carbocycles. The molecule has 4 N–H and O–H groups in total. The number of fused-ring (bicyclic) bond motifs is 8. The lowest BCUT2D eigenvalue weighted by Gasteiger charge is -2.11. The van der Waals surface area contributed by atoms with Gasteiger partial charge in [0.25, 0.3) is 0 Å². The van der Waals surface area contributed by atoms with E-state index >= 15 is 0 Å². The van der Waals surface area contributed by atoms with Crippen molar-refractivity contribution in [2.45, 2.75) is 105 Å².